The Labute approximate surface area is 153 Å². The van der Waals surface area contributed by atoms with E-state index in [9.17, 15) is 4.79 Å². The Hall–Kier alpha value is -2.96. The van der Waals surface area contributed by atoms with Gasteiger partial charge in [0.2, 0.25) is 5.75 Å². The monoisotopic (exact) mass is 359 g/mol. The Bertz CT molecular complexity index is 722. The van der Waals surface area contributed by atoms with Crippen LogP contribution in [0.5, 0.6) is 17.2 Å². The fourth-order valence-electron chi connectivity index (χ4n) is 2.35. The number of benzene rings is 1. The molecular weight excluding hydrogens is 334 g/mol. The van der Waals surface area contributed by atoms with Crippen LogP contribution in [-0.4, -0.2) is 38.3 Å². The number of aromatic nitrogens is 1. The first-order chi connectivity index (χ1) is 12.5. The van der Waals surface area contributed by atoms with E-state index in [4.69, 9.17) is 14.2 Å². The Morgan fingerprint density at radius 3 is 2.19 bits per heavy atom. The summed E-state index contributed by atoms with van der Waals surface area (Å²) in [5.74, 6) is 1.06. The van der Waals surface area contributed by atoms with E-state index in [1.807, 2.05) is 6.07 Å². The van der Waals surface area contributed by atoms with E-state index in [0.29, 0.717) is 34.7 Å². The van der Waals surface area contributed by atoms with Crippen LogP contribution in [0.4, 0.5) is 11.4 Å². The lowest BCUT2D eigenvalue weighted by molar-refractivity contribution is 0.102. The number of carbonyl (C=O) groups excluding carboxylic acids is 1. The number of pyridine rings is 1. The molecule has 1 aromatic carbocycles. The van der Waals surface area contributed by atoms with Crippen molar-refractivity contribution < 1.29 is 19.0 Å². The molecule has 0 saturated heterocycles. The summed E-state index contributed by atoms with van der Waals surface area (Å²) < 4.78 is 15.9. The lowest BCUT2D eigenvalue weighted by atomic mass is 10.2. The number of carbonyl (C=O) groups is 1. The maximum atomic E-state index is 12.5. The van der Waals surface area contributed by atoms with E-state index in [0.717, 1.165) is 12.1 Å². The van der Waals surface area contributed by atoms with Crippen molar-refractivity contribution in [1.29, 1.82) is 0 Å². The van der Waals surface area contributed by atoms with Gasteiger partial charge in [0.15, 0.2) is 11.5 Å². The van der Waals surface area contributed by atoms with Crippen molar-refractivity contribution in [2.45, 2.75) is 26.3 Å². The van der Waals surface area contributed by atoms with Crippen LogP contribution >= 0.6 is 0 Å². The van der Waals surface area contributed by atoms with Gasteiger partial charge in [0.05, 0.1) is 33.2 Å². The Morgan fingerprint density at radius 2 is 1.73 bits per heavy atom. The molecule has 1 aromatic heterocycles. The number of nitrogens with one attached hydrogen (secondary N) is 2. The number of methoxy groups -OCH3 is 3. The normalized spacial score (nSPS) is 11.4. The van der Waals surface area contributed by atoms with Crippen LogP contribution in [0.3, 0.4) is 0 Å². The number of hydrogen-bond donors (Lipinski definition) is 2. The molecule has 2 aromatic rings. The van der Waals surface area contributed by atoms with Gasteiger partial charge in [-0.25, -0.2) is 4.98 Å². The smallest absolute Gasteiger partial charge is 0.274 e. The van der Waals surface area contributed by atoms with Crippen molar-refractivity contribution in [3.63, 3.8) is 0 Å². The van der Waals surface area contributed by atoms with E-state index in [-0.39, 0.29) is 5.91 Å². The summed E-state index contributed by atoms with van der Waals surface area (Å²) in [6.07, 6.45) is 2.65. The number of rotatable bonds is 8. The molecule has 2 rings (SSSR count). The molecule has 2 N–H and O–H groups in total. The topological polar surface area (TPSA) is 81.7 Å². The minimum atomic E-state index is -0.325. The Balaban J connectivity index is 2.16. The quantitative estimate of drug-likeness (QED) is 0.750. The second-order valence-electron chi connectivity index (χ2n) is 5.75. The molecule has 7 nitrogen and oxygen atoms in total. The molecule has 0 spiro atoms. The van der Waals surface area contributed by atoms with Gasteiger partial charge in [-0.2, -0.15) is 0 Å². The van der Waals surface area contributed by atoms with Crippen molar-refractivity contribution in [3.05, 3.63) is 36.2 Å². The minimum Gasteiger partial charge on any atom is -0.493 e. The van der Waals surface area contributed by atoms with Crippen molar-refractivity contribution in [3.8, 4) is 17.2 Å². The summed E-state index contributed by atoms with van der Waals surface area (Å²) in [7, 11) is 4.57. The minimum absolute atomic E-state index is 0.313. The second-order valence-corrected chi connectivity index (χ2v) is 5.75. The molecule has 1 atom stereocenters. The van der Waals surface area contributed by atoms with Crippen LogP contribution in [0, 0.1) is 0 Å². The van der Waals surface area contributed by atoms with Crippen LogP contribution in [0.15, 0.2) is 30.5 Å². The van der Waals surface area contributed by atoms with Gasteiger partial charge in [0.25, 0.3) is 5.91 Å². The van der Waals surface area contributed by atoms with Crippen molar-refractivity contribution in [1.82, 2.24) is 4.98 Å². The first-order valence-electron chi connectivity index (χ1n) is 8.36. The standard InChI is InChI=1S/C19H25N3O4/c1-6-12(2)21-13-7-8-15(20-11-13)19(23)22-14-9-16(24-3)18(26-5)17(10-14)25-4/h7-12,21H,6H2,1-5H3,(H,22,23). The van der Waals surface area contributed by atoms with Gasteiger partial charge >= 0.3 is 0 Å². The molecule has 1 amide bonds. The van der Waals surface area contributed by atoms with Crippen LogP contribution in [0.25, 0.3) is 0 Å². The van der Waals surface area contributed by atoms with E-state index in [1.165, 1.54) is 21.3 Å². The number of amides is 1. The molecule has 7 heteroatoms. The summed E-state index contributed by atoms with van der Waals surface area (Å²) in [4.78, 5) is 16.7. The van der Waals surface area contributed by atoms with Crippen LogP contribution in [0.1, 0.15) is 30.8 Å². The molecule has 140 valence electrons. The van der Waals surface area contributed by atoms with Gasteiger partial charge in [0, 0.05) is 23.9 Å². The largest absolute Gasteiger partial charge is 0.493 e. The molecule has 0 fully saturated rings. The average molecular weight is 359 g/mol. The number of anilines is 2. The molecule has 0 bridgehead atoms. The summed E-state index contributed by atoms with van der Waals surface area (Å²) in [5, 5.41) is 6.10. The number of nitrogens with zero attached hydrogens (tertiary/aromatic N) is 1. The zero-order valence-corrected chi connectivity index (χ0v) is 15.8. The Kier molecular flexibility index (Phi) is 6.66. The molecule has 0 radical (unpaired) electrons. The lowest BCUT2D eigenvalue weighted by Gasteiger charge is -2.15. The fourth-order valence-corrected chi connectivity index (χ4v) is 2.35. The zero-order chi connectivity index (χ0) is 19.1. The second kappa shape index (κ2) is 8.94. The molecule has 0 saturated carbocycles. The summed E-state index contributed by atoms with van der Waals surface area (Å²) in [6.45, 7) is 4.19. The maximum Gasteiger partial charge on any atom is 0.274 e. The summed E-state index contributed by atoms with van der Waals surface area (Å²) >= 11 is 0. The van der Waals surface area contributed by atoms with Gasteiger partial charge in [-0.3, -0.25) is 4.79 Å². The molecule has 1 unspecified atom stereocenters. The van der Waals surface area contributed by atoms with E-state index in [1.54, 1.807) is 24.4 Å². The third kappa shape index (κ3) is 4.56. The predicted molar refractivity (Wildman–Crippen MR) is 102 cm³/mol. The number of hydrogen-bond acceptors (Lipinski definition) is 6. The fraction of sp³-hybridized carbons (Fsp3) is 0.368. The highest BCUT2D eigenvalue weighted by atomic mass is 16.5. The first kappa shape index (κ1) is 19.4. The molecule has 0 aliphatic heterocycles. The third-order valence-corrected chi connectivity index (χ3v) is 3.94. The van der Waals surface area contributed by atoms with Crippen molar-refractivity contribution >= 4 is 17.3 Å². The molecule has 26 heavy (non-hydrogen) atoms. The third-order valence-electron chi connectivity index (χ3n) is 3.94. The van der Waals surface area contributed by atoms with Crippen LogP contribution < -0.4 is 24.8 Å². The van der Waals surface area contributed by atoms with Gasteiger partial charge in [0.1, 0.15) is 5.69 Å². The SMILES string of the molecule is CCC(C)Nc1ccc(C(=O)Nc2cc(OC)c(OC)c(OC)c2)nc1. The summed E-state index contributed by atoms with van der Waals surface area (Å²) in [6, 6.07) is 7.19. The molecule has 0 aliphatic rings. The van der Waals surface area contributed by atoms with Gasteiger partial charge in [-0.1, -0.05) is 6.92 Å². The molecule has 0 aliphatic carbocycles. The predicted octanol–water partition coefficient (Wildman–Crippen LogP) is 3.57. The highest BCUT2D eigenvalue weighted by Gasteiger charge is 2.15. The van der Waals surface area contributed by atoms with Gasteiger partial charge in [-0.15, -0.1) is 0 Å². The molecule has 1 heterocycles. The van der Waals surface area contributed by atoms with E-state index in [2.05, 4.69) is 29.5 Å². The van der Waals surface area contributed by atoms with Crippen molar-refractivity contribution in [2.24, 2.45) is 0 Å². The highest BCUT2D eigenvalue weighted by molar-refractivity contribution is 6.03. The highest BCUT2D eigenvalue weighted by Crippen LogP contribution is 2.39. The Morgan fingerprint density at radius 1 is 1.08 bits per heavy atom. The van der Waals surface area contributed by atoms with E-state index < -0.39 is 0 Å². The number of ether oxygens (including phenoxy) is 3. The first-order valence-corrected chi connectivity index (χ1v) is 8.36. The lowest BCUT2D eigenvalue weighted by Crippen LogP contribution is -2.16. The van der Waals surface area contributed by atoms with Crippen LogP contribution in [0.2, 0.25) is 0 Å². The average Bonchev–Trinajstić information content (AvgIpc) is 2.67. The van der Waals surface area contributed by atoms with E-state index >= 15 is 0 Å². The maximum absolute atomic E-state index is 12.5. The summed E-state index contributed by atoms with van der Waals surface area (Å²) in [5.41, 5.74) is 1.71. The van der Waals surface area contributed by atoms with Gasteiger partial charge < -0.3 is 24.8 Å². The molecular formula is C19H25N3O4. The van der Waals surface area contributed by atoms with Crippen molar-refractivity contribution in [2.75, 3.05) is 32.0 Å². The van der Waals surface area contributed by atoms with Gasteiger partial charge in [-0.05, 0) is 25.5 Å². The van der Waals surface area contributed by atoms with Crippen LogP contribution in [-0.2, 0) is 0 Å². The zero-order valence-electron chi connectivity index (χ0n) is 15.8.